The zero-order valence-corrected chi connectivity index (χ0v) is 15.5. The normalized spacial score (nSPS) is 21.6. The van der Waals surface area contributed by atoms with E-state index in [2.05, 4.69) is 0 Å². The van der Waals surface area contributed by atoms with Crippen molar-refractivity contribution in [1.82, 2.24) is 9.80 Å². The van der Waals surface area contributed by atoms with Crippen LogP contribution in [0.15, 0.2) is 24.3 Å². The number of amides is 2. The number of aryl methyl sites for hydroxylation is 1. The van der Waals surface area contributed by atoms with Crippen molar-refractivity contribution in [3.63, 3.8) is 0 Å². The minimum Gasteiger partial charge on any atom is -0.444 e. The van der Waals surface area contributed by atoms with Crippen molar-refractivity contribution in [2.75, 3.05) is 13.1 Å². The third-order valence-electron chi connectivity index (χ3n) is 4.53. The van der Waals surface area contributed by atoms with Gasteiger partial charge in [0.05, 0.1) is 6.04 Å². The maximum Gasteiger partial charge on any atom is 0.410 e. The summed E-state index contributed by atoms with van der Waals surface area (Å²) in [7, 11) is 0. The van der Waals surface area contributed by atoms with Gasteiger partial charge in [0.2, 0.25) is 0 Å². The van der Waals surface area contributed by atoms with Gasteiger partial charge in [-0.25, -0.2) is 4.79 Å². The summed E-state index contributed by atoms with van der Waals surface area (Å²) in [6.45, 7) is 12.5. The Kier molecular flexibility index (Phi) is 5.21. The van der Waals surface area contributed by atoms with Gasteiger partial charge in [-0.3, -0.25) is 4.79 Å². The van der Waals surface area contributed by atoms with Gasteiger partial charge < -0.3 is 14.5 Å². The van der Waals surface area contributed by atoms with Gasteiger partial charge in [-0.05, 0) is 53.2 Å². The molecule has 1 saturated heterocycles. The minimum atomic E-state index is -0.520. The molecule has 1 aliphatic heterocycles. The van der Waals surface area contributed by atoms with Crippen molar-refractivity contribution >= 4 is 12.0 Å². The average Bonchev–Trinajstić information content (AvgIpc) is 2.48. The van der Waals surface area contributed by atoms with Crippen molar-refractivity contribution in [2.45, 2.75) is 59.2 Å². The molecule has 2 rings (SSSR count). The molecule has 2 atom stereocenters. The number of nitrogens with zero attached hydrogens (tertiary/aromatic N) is 2. The standard InChI is InChI=1S/C19H28N2O3/c1-13-9-7-8-10-16(13)17(22)20-11-12-21(15(3)14(20)2)18(23)24-19(4,5)6/h7-10,14-15H,11-12H2,1-6H3/t14-,15-/m1/s1. The summed E-state index contributed by atoms with van der Waals surface area (Å²) >= 11 is 0. The molecule has 0 spiro atoms. The smallest absolute Gasteiger partial charge is 0.410 e. The van der Waals surface area contributed by atoms with Crippen LogP contribution in [-0.2, 0) is 4.74 Å². The summed E-state index contributed by atoms with van der Waals surface area (Å²) < 4.78 is 5.48. The van der Waals surface area contributed by atoms with Crippen LogP contribution in [0.2, 0.25) is 0 Å². The van der Waals surface area contributed by atoms with E-state index in [0.717, 1.165) is 11.1 Å². The van der Waals surface area contributed by atoms with E-state index in [1.807, 2.05) is 70.7 Å². The van der Waals surface area contributed by atoms with E-state index < -0.39 is 5.60 Å². The third-order valence-corrected chi connectivity index (χ3v) is 4.53. The second kappa shape index (κ2) is 6.83. The van der Waals surface area contributed by atoms with Crippen LogP contribution in [-0.4, -0.2) is 52.6 Å². The maximum absolute atomic E-state index is 12.9. The van der Waals surface area contributed by atoms with Gasteiger partial charge in [-0.15, -0.1) is 0 Å². The number of hydrogen-bond acceptors (Lipinski definition) is 3. The highest BCUT2D eigenvalue weighted by Gasteiger charge is 2.37. The van der Waals surface area contributed by atoms with E-state index in [9.17, 15) is 9.59 Å². The summed E-state index contributed by atoms with van der Waals surface area (Å²) in [5.41, 5.74) is 1.17. The molecule has 24 heavy (non-hydrogen) atoms. The zero-order valence-electron chi connectivity index (χ0n) is 15.5. The SMILES string of the molecule is Cc1ccccc1C(=O)N1CCN(C(=O)OC(C)(C)C)[C@H](C)[C@H]1C. The lowest BCUT2D eigenvalue weighted by atomic mass is 10.0. The Morgan fingerprint density at radius 1 is 1.04 bits per heavy atom. The van der Waals surface area contributed by atoms with E-state index in [1.165, 1.54) is 0 Å². The fraction of sp³-hybridized carbons (Fsp3) is 0.579. The van der Waals surface area contributed by atoms with Crippen LogP contribution in [0.25, 0.3) is 0 Å². The highest BCUT2D eigenvalue weighted by Crippen LogP contribution is 2.22. The van der Waals surface area contributed by atoms with Crippen LogP contribution in [0, 0.1) is 6.92 Å². The molecule has 1 heterocycles. The first kappa shape index (κ1) is 18.3. The summed E-state index contributed by atoms with van der Waals surface area (Å²) in [6, 6.07) is 7.44. The Labute approximate surface area is 144 Å². The van der Waals surface area contributed by atoms with Crippen molar-refractivity contribution in [2.24, 2.45) is 0 Å². The largest absolute Gasteiger partial charge is 0.444 e. The van der Waals surface area contributed by atoms with Crippen molar-refractivity contribution in [3.05, 3.63) is 35.4 Å². The number of hydrogen-bond donors (Lipinski definition) is 0. The molecular weight excluding hydrogens is 304 g/mol. The second-order valence-electron chi connectivity index (χ2n) is 7.47. The fourth-order valence-electron chi connectivity index (χ4n) is 2.98. The van der Waals surface area contributed by atoms with Gasteiger partial charge in [-0.1, -0.05) is 18.2 Å². The molecule has 0 unspecified atom stereocenters. The molecule has 0 aliphatic carbocycles. The molecule has 1 aromatic carbocycles. The Bertz CT molecular complexity index is 621. The van der Waals surface area contributed by atoms with Crippen LogP contribution >= 0.6 is 0 Å². The molecule has 0 aromatic heterocycles. The maximum atomic E-state index is 12.9. The first-order valence-electron chi connectivity index (χ1n) is 8.48. The van der Waals surface area contributed by atoms with E-state index in [1.54, 1.807) is 4.90 Å². The van der Waals surface area contributed by atoms with E-state index in [0.29, 0.717) is 13.1 Å². The number of benzene rings is 1. The van der Waals surface area contributed by atoms with E-state index in [4.69, 9.17) is 4.74 Å². The summed E-state index contributed by atoms with van der Waals surface area (Å²) in [4.78, 5) is 28.8. The van der Waals surface area contributed by atoms with E-state index >= 15 is 0 Å². The Morgan fingerprint density at radius 3 is 2.17 bits per heavy atom. The van der Waals surface area contributed by atoms with Gasteiger partial charge in [0.1, 0.15) is 5.60 Å². The average molecular weight is 332 g/mol. The molecule has 0 bridgehead atoms. The number of ether oxygens (including phenoxy) is 1. The molecule has 1 aromatic rings. The van der Waals surface area contributed by atoms with Crippen LogP contribution in [0.1, 0.15) is 50.5 Å². The van der Waals surface area contributed by atoms with Gasteiger partial charge in [0, 0.05) is 24.7 Å². The molecule has 0 saturated carbocycles. The predicted molar refractivity (Wildman–Crippen MR) is 94.1 cm³/mol. The molecular formula is C19H28N2O3. The first-order chi connectivity index (χ1) is 11.1. The van der Waals surface area contributed by atoms with Crippen LogP contribution in [0.5, 0.6) is 0 Å². The van der Waals surface area contributed by atoms with Crippen LogP contribution in [0.4, 0.5) is 4.79 Å². The third kappa shape index (κ3) is 3.89. The second-order valence-corrected chi connectivity index (χ2v) is 7.47. The molecule has 132 valence electrons. The number of carbonyl (C=O) groups excluding carboxylic acids is 2. The molecule has 5 heteroatoms. The number of carbonyl (C=O) groups is 2. The first-order valence-corrected chi connectivity index (χ1v) is 8.48. The van der Waals surface area contributed by atoms with Crippen molar-refractivity contribution in [3.8, 4) is 0 Å². The zero-order chi connectivity index (χ0) is 18.1. The number of piperazine rings is 1. The lowest BCUT2D eigenvalue weighted by molar-refractivity contribution is -0.0101. The monoisotopic (exact) mass is 332 g/mol. The molecule has 0 N–H and O–H groups in total. The molecule has 2 amide bonds. The van der Waals surface area contributed by atoms with Crippen molar-refractivity contribution < 1.29 is 14.3 Å². The Morgan fingerprint density at radius 2 is 1.58 bits per heavy atom. The topological polar surface area (TPSA) is 49.9 Å². The molecule has 0 radical (unpaired) electrons. The predicted octanol–water partition coefficient (Wildman–Crippen LogP) is 3.46. The summed E-state index contributed by atoms with van der Waals surface area (Å²) in [5, 5.41) is 0. The van der Waals surface area contributed by atoms with E-state index in [-0.39, 0.29) is 24.1 Å². The quantitative estimate of drug-likeness (QED) is 0.791. The lowest BCUT2D eigenvalue weighted by Gasteiger charge is -2.45. The Hall–Kier alpha value is -2.04. The van der Waals surface area contributed by atoms with Gasteiger partial charge >= 0.3 is 6.09 Å². The van der Waals surface area contributed by atoms with Crippen LogP contribution in [0.3, 0.4) is 0 Å². The Balaban J connectivity index is 2.12. The summed E-state index contributed by atoms with van der Waals surface area (Å²) in [6.07, 6.45) is -0.315. The molecule has 1 fully saturated rings. The van der Waals surface area contributed by atoms with Gasteiger partial charge in [0.15, 0.2) is 0 Å². The lowest BCUT2D eigenvalue weighted by Crippen LogP contribution is -2.60. The minimum absolute atomic E-state index is 0.0243. The molecule has 5 nitrogen and oxygen atoms in total. The number of rotatable bonds is 1. The van der Waals surface area contributed by atoms with Gasteiger partial charge in [-0.2, -0.15) is 0 Å². The molecule has 1 aliphatic rings. The fourth-order valence-corrected chi connectivity index (χ4v) is 2.98. The van der Waals surface area contributed by atoms with Crippen molar-refractivity contribution in [1.29, 1.82) is 0 Å². The highest BCUT2D eigenvalue weighted by atomic mass is 16.6. The summed E-state index contributed by atoms with van der Waals surface area (Å²) in [5.74, 6) is 0.0243. The highest BCUT2D eigenvalue weighted by molar-refractivity contribution is 5.96. The van der Waals surface area contributed by atoms with Gasteiger partial charge in [0.25, 0.3) is 5.91 Å². The van der Waals surface area contributed by atoms with Crippen LogP contribution < -0.4 is 0 Å².